The van der Waals surface area contributed by atoms with Crippen molar-refractivity contribution < 1.29 is 9.84 Å². The Morgan fingerprint density at radius 2 is 2.24 bits per heavy atom. The number of rotatable bonds is 3. The lowest BCUT2D eigenvalue weighted by Gasteiger charge is -2.26. The van der Waals surface area contributed by atoms with Crippen LogP contribution in [0.4, 0.5) is 0 Å². The first-order valence-electron chi connectivity index (χ1n) is 5.99. The fourth-order valence-electron chi connectivity index (χ4n) is 2.03. The Hall–Kier alpha value is -0.770. The second-order valence-corrected chi connectivity index (χ2v) is 5.01. The zero-order chi connectivity index (χ0) is 12.1. The molecule has 94 valence electrons. The highest BCUT2D eigenvalue weighted by Gasteiger charge is 2.28. The van der Waals surface area contributed by atoms with Gasteiger partial charge >= 0.3 is 0 Å². The van der Waals surface area contributed by atoms with Crippen LogP contribution in [0.3, 0.4) is 0 Å². The maximum Gasteiger partial charge on any atom is 0.120 e. The highest BCUT2D eigenvalue weighted by Crippen LogP contribution is 2.23. The van der Waals surface area contributed by atoms with Gasteiger partial charge in [-0.3, -0.25) is 0 Å². The van der Waals surface area contributed by atoms with Crippen molar-refractivity contribution in [3.05, 3.63) is 29.3 Å². The maximum atomic E-state index is 10.4. The molecule has 0 aromatic heterocycles. The third-order valence-electron chi connectivity index (χ3n) is 3.07. The van der Waals surface area contributed by atoms with Gasteiger partial charge in [-0.05, 0) is 50.6 Å². The van der Waals surface area contributed by atoms with Gasteiger partial charge in [0.2, 0.25) is 0 Å². The lowest BCUT2D eigenvalue weighted by Crippen LogP contribution is -2.36. The monoisotopic (exact) mass is 255 g/mol. The molecule has 1 aromatic rings. The van der Waals surface area contributed by atoms with Gasteiger partial charge in [0.05, 0.1) is 5.60 Å². The van der Waals surface area contributed by atoms with Crippen LogP contribution in [-0.4, -0.2) is 30.4 Å². The third kappa shape index (κ3) is 3.87. The van der Waals surface area contributed by atoms with Crippen molar-refractivity contribution in [1.29, 1.82) is 0 Å². The molecule has 0 saturated carbocycles. The Balaban J connectivity index is 1.92. The number of benzene rings is 1. The van der Waals surface area contributed by atoms with Gasteiger partial charge in [0.1, 0.15) is 12.4 Å². The van der Waals surface area contributed by atoms with Gasteiger partial charge in [-0.15, -0.1) is 0 Å². The lowest BCUT2D eigenvalue weighted by molar-refractivity contribution is -0.0147. The molecule has 0 radical (unpaired) electrons. The molecule has 1 atom stereocenters. The van der Waals surface area contributed by atoms with Crippen molar-refractivity contribution in [2.45, 2.75) is 24.9 Å². The van der Waals surface area contributed by atoms with Crippen molar-refractivity contribution in [3.8, 4) is 5.75 Å². The molecule has 0 spiro atoms. The number of hydrogen-bond donors (Lipinski definition) is 2. The predicted octanol–water partition coefficient (Wildman–Crippen LogP) is 2.22. The summed E-state index contributed by atoms with van der Waals surface area (Å²) < 4.78 is 5.62. The molecule has 17 heavy (non-hydrogen) atoms. The maximum absolute atomic E-state index is 10.4. The molecule has 3 nitrogen and oxygen atoms in total. The summed E-state index contributed by atoms with van der Waals surface area (Å²) in [5.74, 6) is 0.711. The van der Waals surface area contributed by atoms with Gasteiger partial charge < -0.3 is 15.2 Å². The van der Waals surface area contributed by atoms with E-state index in [0.717, 1.165) is 32.4 Å². The zero-order valence-electron chi connectivity index (χ0n) is 9.79. The molecule has 1 aliphatic rings. The van der Waals surface area contributed by atoms with Crippen LogP contribution in [0.5, 0.6) is 5.75 Å². The Bertz CT molecular complexity index is 362. The van der Waals surface area contributed by atoms with Crippen molar-refractivity contribution in [2.75, 3.05) is 19.7 Å². The van der Waals surface area contributed by atoms with E-state index in [1.165, 1.54) is 0 Å². The fourth-order valence-corrected chi connectivity index (χ4v) is 2.21. The Kier molecular flexibility index (Phi) is 4.26. The van der Waals surface area contributed by atoms with Crippen LogP contribution >= 0.6 is 11.6 Å². The summed E-state index contributed by atoms with van der Waals surface area (Å²) in [6.07, 6.45) is 2.49. The SMILES string of the molecule is O[C@]1(COc2cccc(Cl)c2)CCCNCC1. The van der Waals surface area contributed by atoms with Crippen molar-refractivity contribution in [3.63, 3.8) is 0 Å². The zero-order valence-corrected chi connectivity index (χ0v) is 10.5. The number of hydrogen-bond acceptors (Lipinski definition) is 3. The summed E-state index contributed by atoms with van der Waals surface area (Å²) in [7, 11) is 0. The molecule has 0 unspecified atom stereocenters. The first-order valence-corrected chi connectivity index (χ1v) is 6.37. The van der Waals surface area contributed by atoms with E-state index >= 15 is 0 Å². The Labute approximate surface area is 107 Å². The third-order valence-corrected chi connectivity index (χ3v) is 3.30. The van der Waals surface area contributed by atoms with Crippen LogP contribution in [0.25, 0.3) is 0 Å². The van der Waals surface area contributed by atoms with E-state index < -0.39 is 5.60 Å². The highest BCUT2D eigenvalue weighted by molar-refractivity contribution is 6.30. The quantitative estimate of drug-likeness (QED) is 0.870. The van der Waals surface area contributed by atoms with E-state index in [-0.39, 0.29) is 0 Å². The van der Waals surface area contributed by atoms with Crippen LogP contribution in [0.2, 0.25) is 5.02 Å². The molecule has 1 heterocycles. The average Bonchev–Trinajstić information content (AvgIpc) is 2.53. The number of halogens is 1. The first-order chi connectivity index (χ1) is 8.18. The standard InChI is InChI=1S/C13H18ClNO2/c14-11-3-1-4-12(9-11)17-10-13(16)5-2-7-15-8-6-13/h1,3-4,9,15-16H,2,5-8,10H2/t13-/m1/s1. The molecule has 2 N–H and O–H groups in total. The van der Waals surface area contributed by atoms with Gasteiger partial charge in [0, 0.05) is 5.02 Å². The van der Waals surface area contributed by atoms with Gasteiger partial charge in [-0.2, -0.15) is 0 Å². The number of ether oxygens (including phenoxy) is 1. The summed E-state index contributed by atoms with van der Waals surface area (Å²) in [6, 6.07) is 7.26. The molecule has 1 aromatic carbocycles. The van der Waals surface area contributed by atoms with Crippen LogP contribution in [0, 0.1) is 0 Å². The molecular weight excluding hydrogens is 238 g/mol. The second kappa shape index (κ2) is 5.71. The van der Waals surface area contributed by atoms with Crippen molar-refractivity contribution in [1.82, 2.24) is 5.32 Å². The summed E-state index contributed by atoms with van der Waals surface area (Å²) in [5, 5.41) is 14.3. The van der Waals surface area contributed by atoms with Crippen LogP contribution in [0.15, 0.2) is 24.3 Å². The topological polar surface area (TPSA) is 41.5 Å². The molecule has 4 heteroatoms. The second-order valence-electron chi connectivity index (χ2n) is 4.57. The van der Waals surface area contributed by atoms with E-state index in [1.54, 1.807) is 12.1 Å². The van der Waals surface area contributed by atoms with Gasteiger partial charge in [0.25, 0.3) is 0 Å². The molecule has 0 amide bonds. The molecule has 1 aliphatic heterocycles. The van der Waals surface area contributed by atoms with E-state index in [0.29, 0.717) is 17.4 Å². The summed E-state index contributed by atoms with van der Waals surface area (Å²) >= 11 is 5.87. The Morgan fingerprint density at radius 1 is 1.35 bits per heavy atom. The van der Waals surface area contributed by atoms with Gasteiger partial charge in [0.15, 0.2) is 0 Å². The fraction of sp³-hybridized carbons (Fsp3) is 0.538. The average molecular weight is 256 g/mol. The van der Waals surface area contributed by atoms with E-state index in [4.69, 9.17) is 16.3 Å². The van der Waals surface area contributed by atoms with Crippen molar-refractivity contribution in [2.24, 2.45) is 0 Å². The molecular formula is C13H18ClNO2. The normalized spacial score (nSPS) is 25.3. The van der Waals surface area contributed by atoms with Crippen molar-refractivity contribution >= 4 is 11.6 Å². The molecule has 0 bridgehead atoms. The van der Waals surface area contributed by atoms with E-state index in [1.807, 2.05) is 12.1 Å². The molecule has 2 rings (SSSR count). The van der Waals surface area contributed by atoms with Gasteiger partial charge in [-0.1, -0.05) is 17.7 Å². The summed E-state index contributed by atoms with van der Waals surface area (Å²) in [6.45, 7) is 2.14. The minimum atomic E-state index is -0.716. The van der Waals surface area contributed by atoms with Crippen LogP contribution in [0.1, 0.15) is 19.3 Å². The summed E-state index contributed by atoms with van der Waals surface area (Å²) in [4.78, 5) is 0. The van der Waals surface area contributed by atoms with Crippen LogP contribution < -0.4 is 10.1 Å². The molecule has 1 fully saturated rings. The largest absolute Gasteiger partial charge is 0.491 e. The lowest BCUT2D eigenvalue weighted by atomic mass is 9.96. The van der Waals surface area contributed by atoms with Crippen LogP contribution in [-0.2, 0) is 0 Å². The predicted molar refractivity (Wildman–Crippen MR) is 68.6 cm³/mol. The number of aliphatic hydroxyl groups is 1. The van der Waals surface area contributed by atoms with Gasteiger partial charge in [-0.25, -0.2) is 0 Å². The Morgan fingerprint density at radius 3 is 3.06 bits per heavy atom. The molecule has 1 saturated heterocycles. The minimum absolute atomic E-state index is 0.328. The highest BCUT2D eigenvalue weighted by atomic mass is 35.5. The number of nitrogens with one attached hydrogen (secondary N) is 1. The summed E-state index contributed by atoms with van der Waals surface area (Å²) in [5.41, 5.74) is -0.716. The molecule has 0 aliphatic carbocycles. The smallest absolute Gasteiger partial charge is 0.120 e. The van der Waals surface area contributed by atoms with E-state index in [2.05, 4.69) is 5.32 Å². The first kappa shape index (κ1) is 12.7. The van der Waals surface area contributed by atoms with E-state index in [9.17, 15) is 5.11 Å². The minimum Gasteiger partial charge on any atom is -0.491 e.